The van der Waals surface area contributed by atoms with Crippen LogP contribution >= 0.6 is 23.1 Å². The first-order valence-electron chi connectivity index (χ1n) is 9.33. The van der Waals surface area contributed by atoms with Crippen LogP contribution in [0.3, 0.4) is 0 Å². The number of H-pyrrole nitrogens is 1. The first kappa shape index (κ1) is 20.4. The molecular weight excluding hydrogens is 420 g/mol. The summed E-state index contributed by atoms with van der Waals surface area (Å²) in [5.74, 6) is 8.35. The summed E-state index contributed by atoms with van der Waals surface area (Å²) in [6.07, 6.45) is 0. The van der Waals surface area contributed by atoms with Crippen LogP contribution in [0.5, 0.6) is 5.75 Å². The second-order valence-corrected chi connectivity index (χ2v) is 9.63. The Bertz CT molecular complexity index is 1220. The zero-order valence-electron chi connectivity index (χ0n) is 16.9. The highest BCUT2D eigenvalue weighted by Gasteiger charge is 2.15. The Balaban J connectivity index is 1.39. The molecule has 3 aromatic heterocycles. The maximum atomic E-state index is 12.1. The molecular formula is C20H22N6O2S2. The van der Waals surface area contributed by atoms with Crippen LogP contribution in [0.2, 0.25) is 0 Å². The molecule has 4 rings (SSSR count). The number of hydrogen-bond acceptors (Lipinski definition) is 8. The fourth-order valence-corrected chi connectivity index (χ4v) is 4.30. The lowest BCUT2D eigenvalue weighted by molar-refractivity contribution is 0.291. The van der Waals surface area contributed by atoms with Gasteiger partial charge in [-0.25, -0.2) is 9.66 Å². The molecule has 30 heavy (non-hydrogen) atoms. The number of nitrogen functional groups attached to an aromatic ring is 1. The molecule has 0 aliphatic rings. The highest BCUT2D eigenvalue weighted by atomic mass is 32.2. The summed E-state index contributed by atoms with van der Waals surface area (Å²) >= 11 is 2.72. The lowest BCUT2D eigenvalue weighted by Gasteiger charge is -2.19. The summed E-state index contributed by atoms with van der Waals surface area (Å²) < 4.78 is 7.82. The van der Waals surface area contributed by atoms with Crippen LogP contribution in [0.4, 0.5) is 0 Å². The Morgan fingerprint density at radius 3 is 2.70 bits per heavy atom. The lowest BCUT2D eigenvalue weighted by Crippen LogP contribution is -2.16. The monoisotopic (exact) mass is 442 g/mol. The summed E-state index contributed by atoms with van der Waals surface area (Å²) in [4.78, 5) is 19.3. The molecule has 0 saturated carbocycles. The van der Waals surface area contributed by atoms with Crippen molar-refractivity contribution >= 4 is 33.3 Å². The Labute approximate surface area is 181 Å². The molecule has 0 radical (unpaired) electrons. The number of nitrogens with two attached hydrogens (primary N) is 1. The number of thiophene rings is 1. The third kappa shape index (κ3) is 4.34. The molecule has 3 heterocycles. The van der Waals surface area contributed by atoms with E-state index in [1.807, 2.05) is 23.6 Å². The average Bonchev–Trinajstić information content (AvgIpc) is 3.31. The minimum atomic E-state index is -0.133. The molecule has 0 unspecified atom stereocenters. The Hall–Kier alpha value is -2.85. The van der Waals surface area contributed by atoms with Gasteiger partial charge in [0, 0.05) is 0 Å². The van der Waals surface area contributed by atoms with Crippen molar-refractivity contribution < 1.29 is 4.74 Å². The van der Waals surface area contributed by atoms with Crippen molar-refractivity contribution in [2.45, 2.75) is 43.7 Å². The van der Waals surface area contributed by atoms with E-state index < -0.39 is 0 Å². The van der Waals surface area contributed by atoms with Gasteiger partial charge in [0.15, 0.2) is 5.82 Å². The van der Waals surface area contributed by atoms with Crippen molar-refractivity contribution in [2.24, 2.45) is 0 Å². The number of nitrogens with one attached hydrogen (secondary N) is 1. The van der Waals surface area contributed by atoms with E-state index in [0.29, 0.717) is 32.8 Å². The molecule has 0 amide bonds. The van der Waals surface area contributed by atoms with Crippen molar-refractivity contribution in [2.75, 3.05) is 5.84 Å². The van der Waals surface area contributed by atoms with Crippen molar-refractivity contribution in [3.63, 3.8) is 0 Å². The number of rotatable bonds is 6. The van der Waals surface area contributed by atoms with Crippen LogP contribution in [0, 0.1) is 0 Å². The fourth-order valence-electron chi connectivity index (χ4n) is 2.83. The van der Waals surface area contributed by atoms with Crippen LogP contribution in [-0.2, 0) is 17.8 Å². The van der Waals surface area contributed by atoms with Crippen LogP contribution in [0.25, 0.3) is 10.2 Å². The quantitative estimate of drug-likeness (QED) is 0.347. The van der Waals surface area contributed by atoms with Gasteiger partial charge in [-0.05, 0) is 34.6 Å². The average molecular weight is 443 g/mol. The van der Waals surface area contributed by atoms with Gasteiger partial charge < -0.3 is 15.6 Å². The molecule has 1 aromatic carbocycles. The number of aromatic amines is 1. The van der Waals surface area contributed by atoms with E-state index in [1.54, 1.807) is 0 Å². The van der Waals surface area contributed by atoms with Crippen LogP contribution in [-0.4, -0.2) is 24.8 Å². The van der Waals surface area contributed by atoms with Gasteiger partial charge in [0.1, 0.15) is 22.9 Å². The van der Waals surface area contributed by atoms with E-state index in [-0.39, 0.29) is 17.6 Å². The predicted molar refractivity (Wildman–Crippen MR) is 119 cm³/mol. The van der Waals surface area contributed by atoms with Gasteiger partial charge in [-0.3, -0.25) is 4.79 Å². The number of nitrogens with zero attached hydrogens (tertiary/aromatic N) is 4. The van der Waals surface area contributed by atoms with Crippen LogP contribution in [0.15, 0.2) is 45.7 Å². The van der Waals surface area contributed by atoms with E-state index in [2.05, 4.69) is 53.1 Å². The SMILES string of the molecule is CC(C)(C)c1ccc(OCc2nnc(SCc3nc4ccsc4c(=O)[nH]3)n2N)cc1. The number of hydrogen-bond donors (Lipinski definition) is 2. The molecule has 156 valence electrons. The summed E-state index contributed by atoms with van der Waals surface area (Å²) in [5.41, 5.74) is 1.89. The number of benzene rings is 1. The zero-order valence-corrected chi connectivity index (χ0v) is 18.5. The summed E-state index contributed by atoms with van der Waals surface area (Å²) in [7, 11) is 0. The van der Waals surface area contributed by atoms with Gasteiger partial charge >= 0.3 is 0 Å². The molecule has 0 atom stereocenters. The Morgan fingerprint density at radius 2 is 1.97 bits per heavy atom. The summed E-state index contributed by atoms with van der Waals surface area (Å²) in [5, 5.41) is 10.6. The molecule has 0 saturated heterocycles. The number of thioether (sulfide) groups is 1. The normalized spacial score (nSPS) is 11.8. The van der Waals surface area contributed by atoms with Crippen molar-refractivity contribution in [3.05, 3.63) is 63.3 Å². The van der Waals surface area contributed by atoms with E-state index in [0.717, 1.165) is 5.75 Å². The van der Waals surface area contributed by atoms with E-state index in [9.17, 15) is 4.79 Å². The molecule has 0 aliphatic heterocycles. The minimum Gasteiger partial charge on any atom is -0.486 e. The number of aromatic nitrogens is 5. The van der Waals surface area contributed by atoms with Crippen molar-refractivity contribution in [1.29, 1.82) is 0 Å². The van der Waals surface area contributed by atoms with Gasteiger partial charge in [-0.2, -0.15) is 0 Å². The summed E-state index contributed by atoms with van der Waals surface area (Å²) in [6, 6.07) is 9.83. The van der Waals surface area contributed by atoms with Crippen molar-refractivity contribution in [3.8, 4) is 5.75 Å². The Morgan fingerprint density at radius 1 is 1.20 bits per heavy atom. The Kier molecular flexibility index (Phi) is 5.52. The maximum Gasteiger partial charge on any atom is 0.268 e. The maximum absolute atomic E-state index is 12.1. The van der Waals surface area contributed by atoms with Gasteiger partial charge in [-0.15, -0.1) is 21.5 Å². The van der Waals surface area contributed by atoms with Gasteiger partial charge in [0.05, 0.1) is 11.3 Å². The van der Waals surface area contributed by atoms with Gasteiger partial charge in [0.25, 0.3) is 5.56 Å². The topological polar surface area (TPSA) is 112 Å². The van der Waals surface area contributed by atoms with Crippen molar-refractivity contribution in [1.82, 2.24) is 24.8 Å². The molecule has 0 aliphatic carbocycles. The summed E-state index contributed by atoms with van der Waals surface area (Å²) in [6.45, 7) is 6.71. The highest BCUT2D eigenvalue weighted by Crippen LogP contribution is 2.25. The third-order valence-electron chi connectivity index (χ3n) is 4.53. The molecule has 3 N–H and O–H groups in total. The smallest absolute Gasteiger partial charge is 0.268 e. The van der Waals surface area contributed by atoms with Crippen LogP contribution in [0.1, 0.15) is 38.0 Å². The largest absolute Gasteiger partial charge is 0.486 e. The molecule has 0 bridgehead atoms. The predicted octanol–water partition coefficient (Wildman–Crippen LogP) is 3.46. The fraction of sp³-hybridized carbons (Fsp3) is 0.300. The van der Waals surface area contributed by atoms with E-state index in [1.165, 1.54) is 33.3 Å². The second-order valence-electron chi connectivity index (χ2n) is 7.77. The molecule has 8 nitrogen and oxygen atoms in total. The first-order chi connectivity index (χ1) is 14.3. The minimum absolute atomic E-state index is 0.0924. The number of ether oxygens (including phenoxy) is 1. The zero-order chi connectivity index (χ0) is 21.3. The van der Waals surface area contributed by atoms with Gasteiger partial charge in [0.2, 0.25) is 5.16 Å². The first-order valence-corrected chi connectivity index (χ1v) is 11.2. The second kappa shape index (κ2) is 8.11. The molecule has 4 aromatic rings. The number of fused-ring (bicyclic) bond motifs is 1. The molecule has 10 heteroatoms. The van der Waals surface area contributed by atoms with Gasteiger partial charge in [-0.1, -0.05) is 44.7 Å². The lowest BCUT2D eigenvalue weighted by atomic mass is 9.87. The third-order valence-corrected chi connectivity index (χ3v) is 6.38. The highest BCUT2D eigenvalue weighted by molar-refractivity contribution is 7.98. The van der Waals surface area contributed by atoms with E-state index >= 15 is 0 Å². The molecule has 0 spiro atoms. The molecule has 0 fully saturated rings. The van der Waals surface area contributed by atoms with E-state index in [4.69, 9.17) is 10.6 Å². The van der Waals surface area contributed by atoms with Crippen LogP contribution < -0.4 is 16.1 Å². The standard InChI is InChI=1S/C20H22N6O2S2/c1-20(2,3)12-4-6-13(7-5-12)28-10-16-24-25-19(26(16)21)30-11-15-22-14-8-9-29-17(14)18(27)23-15/h4-9H,10-11,21H2,1-3H3,(H,22,23,27).